The summed E-state index contributed by atoms with van der Waals surface area (Å²) >= 11 is 0. The topological polar surface area (TPSA) is 108 Å². The predicted octanol–water partition coefficient (Wildman–Crippen LogP) is 4.94. The van der Waals surface area contributed by atoms with E-state index in [1.807, 2.05) is 24.3 Å². The van der Waals surface area contributed by atoms with E-state index in [2.05, 4.69) is 37.0 Å². The molecule has 39 heavy (non-hydrogen) atoms. The van der Waals surface area contributed by atoms with E-state index in [0.29, 0.717) is 35.9 Å². The Kier molecular flexibility index (Phi) is 8.60. The molecule has 9 heteroatoms. The first kappa shape index (κ1) is 26.5. The van der Waals surface area contributed by atoms with E-state index in [-0.39, 0.29) is 5.56 Å². The van der Waals surface area contributed by atoms with Crippen molar-refractivity contribution in [2.24, 2.45) is 5.84 Å². The highest BCUT2D eigenvalue weighted by Crippen LogP contribution is 2.27. The average molecular weight is 528 g/mol. The highest BCUT2D eigenvalue weighted by atomic mass is 19.1. The first-order valence-electron chi connectivity index (χ1n) is 13.5. The van der Waals surface area contributed by atoms with E-state index in [1.165, 1.54) is 31.4 Å². The second-order valence-electron chi connectivity index (χ2n) is 9.83. The summed E-state index contributed by atoms with van der Waals surface area (Å²) in [6, 6.07) is 18.1. The molecule has 0 saturated carbocycles. The van der Waals surface area contributed by atoms with Gasteiger partial charge < -0.3 is 21.0 Å². The summed E-state index contributed by atoms with van der Waals surface area (Å²) in [6.07, 6.45) is 6.40. The lowest BCUT2D eigenvalue weighted by molar-refractivity contribution is 0.0947. The van der Waals surface area contributed by atoms with E-state index >= 15 is 0 Å². The summed E-state index contributed by atoms with van der Waals surface area (Å²) in [4.78, 5) is 24.0. The molecule has 0 atom stereocenters. The minimum Gasteiger partial charge on any atom is -0.364 e. The van der Waals surface area contributed by atoms with Crippen molar-refractivity contribution in [3.63, 3.8) is 0 Å². The van der Waals surface area contributed by atoms with E-state index in [0.717, 1.165) is 42.5 Å². The molecule has 1 saturated heterocycles. The minimum atomic E-state index is -0.580. The first-order chi connectivity index (χ1) is 19.1. The zero-order chi connectivity index (χ0) is 27.0. The monoisotopic (exact) mass is 527 g/mol. The molecule has 1 aliphatic rings. The molecular formula is C30H34FN7O. The van der Waals surface area contributed by atoms with Gasteiger partial charge in [0.05, 0.1) is 22.5 Å². The number of nitrogens with one attached hydrogen (secondary N) is 3. The molecule has 8 nitrogen and oxygen atoms in total. The maximum atomic E-state index is 15.0. The van der Waals surface area contributed by atoms with Gasteiger partial charge in [0, 0.05) is 30.2 Å². The van der Waals surface area contributed by atoms with Crippen LogP contribution < -0.4 is 21.9 Å². The van der Waals surface area contributed by atoms with E-state index in [9.17, 15) is 9.18 Å². The fourth-order valence-corrected chi connectivity index (χ4v) is 4.93. The summed E-state index contributed by atoms with van der Waals surface area (Å²) in [5.74, 6) is 5.26. The third-order valence-electron chi connectivity index (χ3n) is 7.07. The van der Waals surface area contributed by atoms with Crippen LogP contribution in [-0.2, 0) is 6.54 Å². The predicted molar refractivity (Wildman–Crippen MR) is 154 cm³/mol. The fraction of sp³-hybridized carbons (Fsp3) is 0.300. The third kappa shape index (κ3) is 6.68. The van der Waals surface area contributed by atoms with Crippen LogP contribution in [0.15, 0.2) is 66.9 Å². The normalized spacial score (nSPS) is 13.8. The minimum absolute atomic E-state index is 0.0288. The first-order valence-corrected chi connectivity index (χ1v) is 13.5. The number of halogens is 1. The zero-order valence-corrected chi connectivity index (χ0v) is 21.9. The molecule has 1 amide bonds. The van der Waals surface area contributed by atoms with E-state index in [4.69, 9.17) is 5.84 Å². The molecule has 0 spiro atoms. The number of carbonyl (C=O) groups excluding carboxylic acids is 1. The van der Waals surface area contributed by atoms with Crippen LogP contribution in [0.1, 0.15) is 41.6 Å². The van der Waals surface area contributed by atoms with Gasteiger partial charge in [0.15, 0.2) is 5.82 Å². The average Bonchev–Trinajstić information content (AvgIpc) is 2.98. The van der Waals surface area contributed by atoms with Gasteiger partial charge in [-0.15, -0.1) is 0 Å². The molecule has 2 aromatic carbocycles. The lowest BCUT2D eigenvalue weighted by atomic mass is 10.1. The molecule has 2 aromatic heterocycles. The summed E-state index contributed by atoms with van der Waals surface area (Å²) in [6.45, 7) is 4.24. The Labute approximate surface area is 227 Å². The number of hydrogen-bond donors (Lipinski definition) is 4. The zero-order valence-electron chi connectivity index (χ0n) is 21.9. The Bertz CT molecular complexity index is 1440. The number of benzene rings is 2. The van der Waals surface area contributed by atoms with Crippen molar-refractivity contribution in [1.82, 2.24) is 20.2 Å². The molecule has 0 radical (unpaired) electrons. The van der Waals surface area contributed by atoms with Crippen molar-refractivity contribution in [2.75, 3.05) is 36.9 Å². The number of hydrazine groups is 1. The van der Waals surface area contributed by atoms with Crippen molar-refractivity contribution < 1.29 is 9.18 Å². The van der Waals surface area contributed by atoms with Gasteiger partial charge in [0.2, 0.25) is 0 Å². The Morgan fingerprint density at radius 2 is 1.90 bits per heavy atom. The summed E-state index contributed by atoms with van der Waals surface area (Å²) in [5, 5.41) is 7.22. The lowest BCUT2D eigenvalue weighted by Gasteiger charge is -2.26. The standard InChI is InChI=1S/C30H34FN7O/c31-25-19-23(8-9-24(25)30(39)34-14-5-17-38-15-2-1-3-16-38)27-11-12-28(37-32)29(36-27)35-20-21-7-10-26-22(18-21)6-4-13-33-26/h4,6-13,18-19,37H,1-3,5,14-17,20,32H2,(H,34,39)(H,35,36). The van der Waals surface area contributed by atoms with Gasteiger partial charge in [0.1, 0.15) is 5.82 Å². The molecule has 3 heterocycles. The van der Waals surface area contributed by atoms with Crippen LogP contribution in [0.4, 0.5) is 15.9 Å². The molecule has 1 fully saturated rings. The third-order valence-corrected chi connectivity index (χ3v) is 7.07. The highest BCUT2D eigenvalue weighted by molar-refractivity contribution is 5.95. The number of aromatic nitrogens is 2. The number of anilines is 2. The van der Waals surface area contributed by atoms with Crippen LogP contribution in [0.25, 0.3) is 22.2 Å². The molecule has 1 aliphatic heterocycles. The van der Waals surface area contributed by atoms with Gasteiger partial charge in [-0.1, -0.05) is 24.6 Å². The number of nitrogens with two attached hydrogens (primary N) is 1. The lowest BCUT2D eigenvalue weighted by Crippen LogP contribution is -2.33. The smallest absolute Gasteiger partial charge is 0.254 e. The molecule has 5 rings (SSSR count). The Hall–Kier alpha value is -4.08. The number of nitrogen functional groups attached to an aromatic ring is 1. The number of nitrogens with zero attached hydrogens (tertiary/aromatic N) is 3. The number of rotatable bonds is 10. The highest BCUT2D eigenvalue weighted by Gasteiger charge is 2.15. The SMILES string of the molecule is NNc1ccc(-c2ccc(C(=O)NCCCN3CCCCC3)c(F)c2)nc1NCc1ccc2ncccc2c1. The number of pyridine rings is 2. The molecule has 5 N–H and O–H groups in total. The maximum Gasteiger partial charge on any atom is 0.254 e. The molecule has 0 bridgehead atoms. The van der Waals surface area contributed by atoms with E-state index in [1.54, 1.807) is 24.4 Å². The summed E-state index contributed by atoms with van der Waals surface area (Å²) in [7, 11) is 0. The number of amides is 1. The molecule has 0 aliphatic carbocycles. The van der Waals surface area contributed by atoms with E-state index < -0.39 is 11.7 Å². The van der Waals surface area contributed by atoms with Gasteiger partial charge in [0.25, 0.3) is 5.91 Å². The Balaban J connectivity index is 1.23. The summed E-state index contributed by atoms with van der Waals surface area (Å²) in [5.41, 5.74) is 6.42. The Morgan fingerprint density at radius 3 is 2.72 bits per heavy atom. The van der Waals surface area contributed by atoms with Crippen LogP contribution in [-0.4, -0.2) is 47.0 Å². The second kappa shape index (κ2) is 12.6. The summed E-state index contributed by atoms with van der Waals surface area (Å²) < 4.78 is 15.0. The number of piperidine rings is 1. The van der Waals surface area contributed by atoms with Crippen LogP contribution in [0.2, 0.25) is 0 Å². The van der Waals surface area contributed by atoms with Gasteiger partial charge in [-0.3, -0.25) is 15.6 Å². The van der Waals surface area contributed by atoms with Crippen LogP contribution in [0, 0.1) is 5.82 Å². The molecule has 0 unspecified atom stereocenters. The number of hydrogen-bond acceptors (Lipinski definition) is 7. The number of fused-ring (bicyclic) bond motifs is 1. The van der Waals surface area contributed by atoms with Gasteiger partial charge in [-0.2, -0.15) is 0 Å². The fourth-order valence-electron chi connectivity index (χ4n) is 4.93. The van der Waals surface area contributed by atoms with Gasteiger partial charge in [-0.25, -0.2) is 9.37 Å². The largest absolute Gasteiger partial charge is 0.364 e. The van der Waals surface area contributed by atoms with Crippen molar-refractivity contribution in [2.45, 2.75) is 32.2 Å². The molecule has 202 valence electrons. The number of likely N-dealkylation sites (tertiary alicyclic amines) is 1. The van der Waals surface area contributed by atoms with Crippen LogP contribution in [0.3, 0.4) is 0 Å². The molecular weight excluding hydrogens is 493 g/mol. The quantitative estimate of drug-likeness (QED) is 0.131. The van der Waals surface area contributed by atoms with Crippen molar-refractivity contribution >= 4 is 28.3 Å². The van der Waals surface area contributed by atoms with Gasteiger partial charge >= 0.3 is 0 Å². The number of carbonyl (C=O) groups is 1. The van der Waals surface area contributed by atoms with Gasteiger partial charge in [-0.05, 0) is 86.9 Å². The van der Waals surface area contributed by atoms with Crippen molar-refractivity contribution in [3.8, 4) is 11.3 Å². The van der Waals surface area contributed by atoms with Crippen molar-refractivity contribution in [3.05, 3.63) is 83.8 Å². The van der Waals surface area contributed by atoms with Crippen LogP contribution >= 0.6 is 0 Å². The maximum absolute atomic E-state index is 15.0. The van der Waals surface area contributed by atoms with Crippen LogP contribution in [0.5, 0.6) is 0 Å². The van der Waals surface area contributed by atoms with Crippen molar-refractivity contribution in [1.29, 1.82) is 0 Å². The molecule has 4 aromatic rings. The second-order valence-corrected chi connectivity index (χ2v) is 9.83. The Morgan fingerprint density at radius 1 is 1.03 bits per heavy atom.